The van der Waals surface area contributed by atoms with E-state index in [-0.39, 0.29) is 28.6 Å². The average molecular weight is 371 g/mol. The van der Waals surface area contributed by atoms with Gasteiger partial charge in [0.15, 0.2) is 11.5 Å². The van der Waals surface area contributed by atoms with Gasteiger partial charge in [-0.2, -0.15) is 0 Å². The number of phenolic OH excluding ortho intramolecular Hbond substituents is 1. The van der Waals surface area contributed by atoms with Crippen LogP contribution in [-0.2, 0) is 16.6 Å². The van der Waals surface area contributed by atoms with Crippen LogP contribution in [0.3, 0.4) is 0 Å². The van der Waals surface area contributed by atoms with Crippen molar-refractivity contribution in [3.63, 3.8) is 0 Å². The maximum Gasteiger partial charge on any atom is 0.165 e. The normalized spacial score (nSPS) is 46.1. The van der Waals surface area contributed by atoms with E-state index in [9.17, 15) is 10.2 Å². The van der Waals surface area contributed by atoms with Gasteiger partial charge in [0.05, 0.1) is 5.60 Å². The highest BCUT2D eigenvalue weighted by atomic mass is 16.6. The maximum absolute atomic E-state index is 11.1. The average Bonchev–Trinajstić information content (AvgIpc) is 2.99. The molecule has 27 heavy (non-hydrogen) atoms. The van der Waals surface area contributed by atoms with Gasteiger partial charge in [-0.15, -0.1) is 0 Å². The molecule has 146 valence electrons. The van der Waals surface area contributed by atoms with Crippen molar-refractivity contribution in [1.82, 2.24) is 5.32 Å². The van der Waals surface area contributed by atoms with E-state index < -0.39 is 11.2 Å². The molecule has 1 saturated heterocycles. The smallest absolute Gasteiger partial charge is 0.165 e. The Labute approximate surface area is 160 Å². The van der Waals surface area contributed by atoms with Crippen LogP contribution in [0.5, 0.6) is 11.5 Å². The molecule has 5 heteroatoms. The molecule has 7 rings (SSSR count). The van der Waals surface area contributed by atoms with Crippen LogP contribution in [0.2, 0.25) is 0 Å². The molecular weight excluding hydrogens is 342 g/mol. The minimum absolute atomic E-state index is 0.00211. The lowest BCUT2D eigenvalue weighted by atomic mass is 9.34. The van der Waals surface area contributed by atoms with Crippen LogP contribution in [-0.4, -0.2) is 47.2 Å². The molecule has 3 saturated carbocycles. The van der Waals surface area contributed by atoms with E-state index in [1.807, 2.05) is 13.8 Å². The zero-order valence-corrected chi connectivity index (χ0v) is 16.3. The van der Waals surface area contributed by atoms with E-state index in [1.165, 1.54) is 11.1 Å². The predicted octanol–water partition coefficient (Wildman–Crippen LogP) is 2.27. The van der Waals surface area contributed by atoms with Crippen molar-refractivity contribution in [2.45, 2.75) is 74.7 Å². The Morgan fingerprint density at radius 1 is 1.26 bits per heavy atom. The quantitative estimate of drug-likeness (QED) is 0.744. The highest BCUT2D eigenvalue weighted by Crippen LogP contribution is 2.76. The summed E-state index contributed by atoms with van der Waals surface area (Å²) in [6, 6.07) is 4.26. The number of phenols is 1. The number of hydrogen-bond acceptors (Lipinski definition) is 5. The second kappa shape index (κ2) is 4.64. The second-order valence-electron chi connectivity index (χ2n) is 10.1. The van der Waals surface area contributed by atoms with Crippen molar-refractivity contribution in [3.8, 4) is 11.5 Å². The highest BCUT2D eigenvalue weighted by Gasteiger charge is 2.80. The number of aliphatic hydroxyl groups is 1. The highest BCUT2D eigenvalue weighted by molar-refractivity contribution is 5.63. The zero-order valence-electron chi connectivity index (χ0n) is 16.3. The van der Waals surface area contributed by atoms with Gasteiger partial charge in [-0.3, -0.25) is 0 Å². The van der Waals surface area contributed by atoms with Gasteiger partial charge in [0, 0.05) is 35.5 Å². The van der Waals surface area contributed by atoms with Crippen molar-refractivity contribution in [3.05, 3.63) is 23.3 Å². The Morgan fingerprint density at radius 3 is 2.81 bits per heavy atom. The van der Waals surface area contributed by atoms with Crippen LogP contribution in [0.1, 0.15) is 50.7 Å². The molecule has 0 unspecified atom stereocenters. The van der Waals surface area contributed by atoms with Gasteiger partial charge in [0.25, 0.3) is 0 Å². The van der Waals surface area contributed by atoms with Crippen molar-refractivity contribution in [1.29, 1.82) is 0 Å². The molecule has 1 aromatic carbocycles. The van der Waals surface area contributed by atoms with Gasteiger partial charge in [-0.25, -0.2) is 0 Å². The lowest BCUT2D eigenvalue weighted by Crippen LogP contribution is -2.82. The summed E-state index contributed by atoms with van der Waals surface area (Å²) in [5.41, 5.74) is 1.11. The monoisotopic (exact) mass is 371 g/mol. The molecule has 0 amide bonds. The third-order valence-electron chi connectivity index (χ3n) is 9.04. The number of nitrogens with one attached hydrogen (secondary N) is 1. The number of hydrogen-bond donors (Lipinski definition) is 3. The molecular formula is C22H29NO4. The molecule has 2 spiro atoms. The van der Waals surface area contributed by atoms with E-state index in [4.69, 9.17) is 9.47 Å². The molecule has 6 atom stereocenters. The van der Waals surface area contributed by atoms with E-state index in [1.54, 1.807) is 13.2 Å². The van der Waals surface area contributed by atoms with Crippen LogP contribution in [0, 0.1) is 11.3 Å². The van der Waals surface area contributed by atoms with Crippen LogP contribution in [0.4, 0.5) is 0 Å². The summed E-state index contributed by atoms with van der Waals surface area (Å²) in [4.78, 5) is 0. The van der Waals surface area contributed by atoms with E-state index in [0.29, 0.717) is 11.8 Å². The number of benzene rings is 1. The standard InChI is InChI=1S/C22H29NO4/c1-19(2,25)14-11-20-6-7-22(14,26-3)18-21(20)8-9-23-15(20)10-12-4-5-13(24)17(27-18)16(12)21/h4-5,14-15,18,23-25H,6-11H2,1-3H3/t14-,15-,18-,20-,21+,22-/m1/s1. The van der Waals surface area contributed by atoms with Crippen LogP contribution >= 0.6 is 0 Å². The SMILES string of the molecule is CO[C@]12CC[C@@]3(C[C@@H]1C(C)(C)O)[C@H]1Cc4ccc(O)c5c4[C@@]3(CCN1)[C@H]2O5. The summed E-state index contributed by atoms with van der Waals surface area (Å²) in [6.45, 7) is 4.80. The molecule has 4 bridgehead atoms. The van der Waals surface area contributed by atoms with Crippen LogP contribution in [0.15, 0.2) is 12.1 Å². The van der Waals surface area contributed by atoms with Crippen molar-refractivity contribution >= 4 is 0 Å². The van der Waals surface area contributed by atoms with E-state index in [2.05, 4.69) is 11.4 Å². The molecule has 3 N–H and O–H groups in total. The molecule has 5 nitrogen and oxygen atoms in total. The summed E-state index contributed by atoms with van der Waals surface area (Å²) in [6.07, 6.45) is 4.74. The number of aromatic hydroxyl groups is 1. The van der Waals surface area contributed by atoms with E-state index in [0.717, 1.165) is 38.6 Å². The Morgan fingerprint density at radius 2 is 2.07 bits per heavy atom. The fourth-order valence-electron chi connectivity index (χ4n) is 8.18. The van der Waals surface area contributed by atoms with Gasteiger partial charge in [-0.05, 0) is 64.1 Å². The summed E-state index contributed by atoms with van der Waals surface area (Å²) < 4.78 is 12.9. The first kappa shape index (κ1) is 16.6. The number of piperidine rings is 1. The van der Waals surface area contributed by atoms with Gasteiger partial charge in [0.2, 0.25) is 0 Å². The van der Waals surface area contributed by atoms with Gasteiger partial charge < -0.3 is 25.0 Å². The first-order chi connectivity index (χ1) is 12.8. The van der Waals surface area contributed by atoms with Gasteiger partial charge >= 0.3 is 0 Å². The first-order valence-corrected chi connectivity index (χ1v) is 10.3. The molecule has 2 heterocycles. The third kappa shape index (κ3) is 1.55. The van der Waals surface area contributed by atoms with Crippen LogP contribution < -0.4 is 10.1 Å². The topological polar surface area (TPSA) is 71.0 Å². The van der Waals surface area contributed by atoms with Crippen molar-refractivity contribution in [2.75, 3.05) is 13.7 Å². The number of ether oxygens (including phenoxy) is 2. The van der Waals surface area contributed by atoms with Gasteiger partial charge in [0.1, 0.15) is 11.7 Å². The molecule has 4 aliphatic carbocycles. The van der Waals surface area contributed by atoms with Gasteiger partial charge in [-0.1, -0.05) is 6.07 Å². The molecule has 4 fully saturated rings. The predicted molar refractivity (Wildman–Crippen MR) is 100 cm³/mol. The van der Waals surface area contributed by atoms with Crippen LogP contribution in [0.25, 0.3) is 0 Å². The third-order valence-corrected chi connectivity index (χ3v) is 9.04. The van der Waals surface area contributed by atoms with Crippen molar-refractivity contribution < 1.29 is 19.7 Å². The zero-order chi connectivity index (χ0) is 18.8. The number of rotatable bonds is 2. The van der Waals surface area contributed by atoms with Crippen molar-refractivity contribution in [2.24, 2.45) is 11.3 Å². The molecule has 1 aromatic rings. The Bertz CT molecular complexity index is 847. The Balaban J connectivity index is 1.69. The number of methoxy groups -OCH3 is 1. The summed E-state index contributed by atoms with van der Waals surface area (Å²) in [5.74, 6) is 0.930. The Kier molecular flexibility index (Phi) is 2.86. The minimum atomic E-state index is -0.847. The summed E-state index contributed by atoms with van der Waals surface area (Å²) >= 11 is 0. The Hall–Kier alpha value is -1.30. The largest absolute Gasteiger partial charge is 0.504 e. The maximum atomic E-state index is 11.1. The molecule has 2 aliphatic heterocycles. The minimum Gasteiger partial charge on any atom is -0.504 e. The molecule has 6 aliphatic rings. The fraction of sp³-hybridized carbons (Fsp3) is 0.727. The first-order valence-electron chi connectivity index (χ1n) is 10.3. The second-order valence-corrected chi connectivity index (χ2v) is 10.1. The fourth-order valence-corrected chi connectivity index (χ4v) is 8.18. The summed E-state index contributed by atoms with van der Waals surface area (Å²) in [5, 5.41) is 25.6. The lowest BCUT2D eigenvalue weighted by Gasteiger charge is -2.73. The summed E-state index contributed by atoms with van der Waals surface area (Å²) in [7, 11) is 1.78. The number of fused-ring (bicyclic) bond motifs is 2. The lowest BCUT2D eigenvalue weighted by molar-refractivity contribution is -0.289. The molecule has 0 radical (unpaired) electrons. The molecule has 0 aromatic heterocycles. The van der Waals surface area contributed by atoms with E-state index >= 15 is 0 Å².